The molecule has 0 bridgehead atoms. The Bertz CT molecular complexity index is 392. The van der Waals surface area contributed by atoms with Gasteiger partial charge in [-0.25, -0.2) is 0 Å². The number of hydrogen-bond donors (Lipinski definition) is 0. The summed E-state index contributed by atoms with van der Waals surface area (Å²) >= 11 is 0. The molecular formula is C11H13NO. The molecule has 0 saturated carbocycles. The van der Waals surface area contributed by atoms with Crippen LogP contribution in [0.5, 0.6) is 0 Å². The van der Waals surface area contributed by atoms with Crippen LogP contribution < -0.4 is 4.84 Å². The second-order valence-corrected chi connectivity index (χ2v) is 3.03. The van der Waals surface area contributed by atoms with Crippen molar-refractivity contribution in [2.45, 2.75) is 13.3 Å². The van der Waals surface area contributed by atoms with Crippen LogP contribution in [0.3, 0.4) is 0 Å². The van der Waals surface area contributed by atoms with E-state index in [4.69, 9.17) is 4.84 Å². The van der Waals surface area contributed by atoms with Gasteiger partial charge in [-0.05, 0) is 18.6 Å². The van der Waals surface area contributed by atoms with Crippen LogP contribution >= 0.6 is 0 Å². The standard InChI is InChI=1S/C11H13NO/c1-2-9-13-12-8-7-10-5-3-4-6-11(10)12/h3-8H,2,9H2,1H3. The monoisotopic (exact) mass is 175 g/mol. The molecule has 0 aliphatic rings. The van der Waals surface area contributed by atoms with E-state index in [1.165, 1.54) is 5.39 Å². The quantitative estimate of drug-likeness (QED) is 0.699. The third kappa shape index (κ3) is 1.52. The first kappa shape index (κ1) is 8.17. The first-order valence-corrected chi connectivity index (χ1v) is 4.61. The Kier molecular flexibility index (Phi) is 2.21. The van der Waals surface area contributed by atoms with E-state index >= 15 is 0 Å². The molecule has 0 N–H and O–H groups in total. The Balaban J connectivity index is 2.35. The molecule has 2 rings (SSSR count). The summed E-state index contributed by atoms with van der Waals surface area (Å²) < 4.78 is 1.83. The van der Waals surface area contributed by atoms with Crippen LogP contribution in [0.15, 0.2) is 36.5 Å². The molecule has 2 nitrogen and oxygen atoms in total. The average Bonchev–Trinajstić information content (AvgIpc) is 2.58. The van der Waals surface area contributed by atoms with Gasteiger partial charge in [-0.15, -0.1) is 0 Å². The van der Waals surface area contributed by atoms with Gasteiger partial charge in [0, 0.05) is 11.6 Å². The van der Waals surface area contributed by atoms with Gasteiger partial charge in [-0.2, -0.15) is 4.73 Å². The van der Waals surface area contributed by atoms with Gasteiger partial charge in [-0.1, -0.05) is 25.1 Å². The maximum Gasteiger partial charge on any atom is 0.114 e. The zero-order valence-electron chi connectivity index (χ0n) is 7.73. The summed E-state index contributed by atoms with van der Waals surface area (Å²) in [5.74, 6) is 0. The van der Waals surface area contributed by atoms with Crippen molar-refractivity contribution in [3.63, 3.8) is 0 Å². The minimum atomic E-state index is 0.763. The number of benzene rings is 1. The van der Waals surface area contributed by atoms with E-state index < -0.39 is 0 Å². The third-order valence-electron chi connectivity index (χ3n) is 2.00. The van der Waals surface area contributed by atoms with Crippen LogP contribution in [0.25, 0.3) is 10.9 Å². The van der Waals surface area contributed by atoms with Crippen molar-refractivity contribution in [2.75, 3.05) is 6.61 Å². The van der Waals surface area contributed by atoms with E-state index in [0.717, 1.165) is 18.5 Å². The van der Waals surface area contributed by atoms with Crippen molar-refractivity contribution in [1.82, 2.24) is 4.73 Å². The second kappa shape index (κ2) is 3.52. The number of fused-ring (bicyclic) bond motifs is 1. The van der Waals surface area contributed by atoms with Crippen LogP contribution in [-0.4, -0.2) is 11.3 Å². The molecule has 2 heteroatoms. The lowest BCUT2D eigenvalue weighted by Crippen LogP contribution is -2.10. The number of para-hydroxylation sites is 1. The number of aromatic nitrogens is 1. The molecule has 1 aromatic carbocycles. The summed E-state index contributed by atoms with van der Waals surface area (Å²) in [5, 5.41) is 1.22. The van der Waals surface area contributed by atoms with Crippen molar-refractivity contribution in [3.8, 4) is 0 Å². The number of hydrogen-bond acceptors (Lipinski definition) is 1. The average molecular weight is 175 g/mol. The normalized spacial score (nSPS) is 10.5. The topological polar surface area (TPSA) is 14.2 Å². The first-order chi connectivity index (χ1) is 6.42. The summed E-state index contributed by atoms with van der Waals surface area (Å²) in [7, 11) is 0. The zero-order chi connectivity index (χ0) is 9.10. The highest BCUT2D eigenvalue weighted by Crippen LogP contribution is 2.13. The lowest BCUT2D eigenvalue weighted by Gasteiger charge is -2.05. The predicted molar refractivity (Wildman–Crippen MR) is 53.7 cm³/mol. The van der Waals surface area contributed by atoms with Crippen molar-refractivity contribution in [3.05, 3.63) is 36.5 Å². The molecule has 0 aliphatic carbocycles. The number of nitrogens with zero attached hydrogens (tertiary/aromatic N) is 1. The molecule has 0 amide bonds. The van der Waals surface area contributed by atoms with Crippen LogP contribution in [0, 0.1) is 0 Å². The highest BCUT2D eigenvalue weighted by molar-refractivity contribution is 5.79. The maximum atomic E-state index is 5.53. The predicted octanol–water partition coefficient (Wildman–Crippen LogP) is 2.48. The van der Waals surface area contributed by atoms with Crippen LogP contribution in [0.1, 0.15) is 13.3 Å². The van der Waals surface area contributed by atoms with Crippen LogP contribution in [0.4, 0.5) is 0 Å². The lowest BCUT2D eigenvalue weighted by molar-refractivity contribution is 0.121. The Hall–Kier alpha value is -1.44. The molecule has 1 heterocycles. The molecule has 68 valence electrons. The van der Waals surface area contributed by atoms with Crippen molar-refractivity contribution in [1.29, 1.82) is 0 Å². The SMILES string of the molecule is CCCOn1ccc2ccccc21. The Morgan fingerprint density at radius 1 is 1.23 bits per heavy atom. The maximum absolute atomic E-state index is 5.53. The van der Waals surface area contributed by atoms with Gasteiger partial charge < -0.3 is 4.84 Å². The molecule has 0 spiro atoms. The molecule has 1 aromatic heterocycles. The van der Waals surface area contributed by atoms with E-state index in [0.29, 0.717) is 0 Å². The third-order valence-corrected chi connectivity index (χ3v) is 2.00. The van der Waals surface area contributed by atoms with E-state index in [9.17, 15) is 0 Å². The van der Waals surface area contributed by atoms with E-state index in [2.05, 4.69) is 25.1 Å². The molecular weight excluding hydrogens is 162 g/mol. The summed E-state index contributed by atoms with van der Waals surface area (Å²) in [6.07, 6.45) is 2.99. The Labute approximate surface area is 77.7 Å². The molecule has 13 heavy (non-hydrogen) atoms. The molecule has 2 aromatic rings. The van der Waals surface area contributed by atoms with E-state index in [-0.39, 0.29) is 0 Å². The summed E-state index contributed by atoms with van der Waals surface area (Å²) in [5.41, 5.74) is 1.14. The smallest absolute Gasteiger partial charge is 0.114 e. The van der Waals surface area contributed by atoms with Crippen molar-refractivity contribution in [2.24, 2.45) is 0 Å². The van der Waals surface area contributed by atoms with Crippen molar-refractivity contribution >= 4 is 10.9 Å². The molecule has 0 radical (unpaired) electrons. The number of rotatable bonds is 3. The molecule has 0 atom stereocenters. The minimum Gasteiger partial charge on any atom is -0.414 e. The van der Waals surface area contributed by atoms with Crippen LogP contribution in [0.2, 0.25) is 0 Å². The molecule has 0 fully saturated rings. The van der Waals surface area contributed by atoms with E-state index in [1.54, 1.807) is 0 Å². The molecule has 0 aliphatic heterocycles. The fraction of sp³-hybridized carbons (Fsp3) is 0.273. The van der Waals surface area contributed by atoms with Crippen LogP contribution in [-0.2, 0) is 0 Å². The zero-order valence-corrected chi connectivity index (χ0v) is 7.73. The first-order valence-electron chi connectivity index (χ1n) is 4.61. The van der Waals surface area contributed by atoms with Gasteiger partial charge in [0.25, 0.3) is 0 Å². The fourth-order valence-corrected chi connectivity index (χ4v) is 1.36. The summed E-state index contributed by atoms with van der Waals surface area (Å²) in [6, 6.07) is 10.3. The van der Waals surface area contributed by atoms with Gasteiger partial charge in [0.05, 0.1) is 5.52 Å². The minimum absolute atomic E-state index is 0.763. The van der Waals surface area contributed by atoms with E-state index in [1.807, 2.05) is 23.1 Å². The van der Waals surface area contributed by atoms with Gasteiger partial charge in [0.2, 0.25) is 0 Å². The Morgan fingerprint density at radius 3 is 2.92 bits per heavy atom. The van der Waals surface area contributed by atoms with Gasteiger partial charge in [0.1, 0.15) is 6.61 Å². The largest absolute Gasteiger partial charge is 0.414 e. The van der Waals surface area contributed by atoms with Gasteiger partial charge in [0.15, 0.2) is 0 Å². The van der Waals surface area contributed by atoms with Crippen molar-refractivity contribution < 1.29 is 4.84 Å². The summed E-state index contributed by atoms with van der Waals surface area (Å²) in [6.45, 7) is 2.87. The van der Waals surface area contributed by atoms with Gasteiger partial charge >= 0.3 is 0 Å². The Morgan fingerprint density at radius 2 is 2.08 bits per heavy atom. The lowest BCUT2D eigenvalue weighted by atomic mass is 10.3. The van der Waals surface area contributed by atoms with Gasteiger partial charge in [-0.3, -0.25) is 0 Å². The highest BCUT2D eigenvalue weighted by atomic mass is 16.7. The fourth-order valence-electron chi connectivity index (χ4n) is 1.36. The highest BCUT2D eigenvalue weighted by Gasteiger charge is 1.98. The molecule has 0 saturated heterocycles. The second-order valence-electron chi connectivity index (χ2n) is 3.03. The summed E-state index contributed by atoms with van der Waals surface area (Å²) in [4.78, 5) is 5.53. The molecule has 0 unspecified atom stereocenters.